The first-order valence-corrected chi connectivity index (χ1v) is 8.20. The Labute approximate surface area is 119 Å². The molecule has 1 aromatic rings. The van der Waals surface area contributed by atoms with Crippen LogP contribution in [0.3, 0.4) is 0 Å². The van der Waals surface area contributed by atoms with Gasteiger partial charge in [-0.05, 0) is 43.5 Å². The van der Waals surface area contributed by atoms with Gasteiger partial charge in [-0.2, -0.15) is 4.31 Å². The summed E-state index contributed by atoms with van der Waals surface area (Å²) in [5, 5.41) is 0. The quantitative estimate of drug-likeness (QED) is 0.802. The zero-order chi connectivity index (χ0) is 14.0. The van der Waals surface area contributed by atoms with E-state index in [2.05, 4.69) is 0 Å². The van der Waals surface area contributed by atoms with Gasteiger partial charge in [0.2, 0.25) is 10.0 Å². The van der Waals surface area contributed by atoms with Crippen LogP contribution in [0.15, 0.2) is 23.1 Å². The number of nitrogens with zero attached hydrogens (tertiary/aromatic N) is 1. The van der Waals surface area contributed by atoms with Crippen molar-refractivity contribution >= 4 is 21.6 Å². The fraction of sp³-hybridized carbons (Fsp3) is 0.538. The van der Waals surface area contributed by atoms with Crippen LogP contribution in [0, 0.1) is 6.92 Å². The first kappa shape index (κ1) is 14.6. The van der Waals surface area contributed by atoms with E-state index in [0.717, 1.165) is 12.8 Å². The van der Waals surface area contributed by atoms with E-state index >= 15 is 0 Å². The fourth-order valence-corrected chi connectivity index (χ4v) is 4.75. The zero-order valence-corrected chi connectivity index (χ0v) is 12.7. The highest BCUT2D eigenvalue weighted by Crippen LogP contribution is 2.29. The minimum atomic E-state index is -3.46. The molecule has 1 saturated heterocycles. The standard InChI is InChI=1S/C13H18ClNO3S/c1-10-8-12(18-2)5-6-13(10)19(16,17)15-7-3-4-11(15)9-14/h5-6,8,11H,3-4,7,9H2,1-2H3/t11-/m0/s1. The number of halogens is 1. The molecule has 0 bridgehead atoms. The largest absolute Gasteiger partial charge is 0.497 e. The van der Waals surface area contributed by atoms with Crippen molar-refractivity contribution in [2.45, 2.75) is 30.7 Å². The second-order valence-corrected chi connectivity index (χ2v) is 6.87. The summed E-state index contributed by atoms with van der Waals surface area (Å²) in [7, 11) is -1.90. The number of ether oxygens (including phenoxy) is 1. The van der Waals surface area contributed by atoms with Gasteiger partial charge in [0.15, 0.2) is 0 Å². The van der Waals surface area contributed by atoms with Crippen molar-refractivity contribution < 1.29 is 13.2 Å². The Hall–Kier alpha value is -0.780. The molecule has 4 nitrogen and oxygen atoms in total. The third-order valence-corrected chi connectivity index (χ3v) is 5.94. The number of benzene rings is 1. The maximum atomic E-state index is 12.7. The van der Waals surface area contributed by atoms with Crippen LogP contribution < -0.4 is 4.74 Å². The first-order chi connectivity index (χ1) is 9.00. The minimum Gasteiger partial charge on any atom is -0.497 e. The molecule has 0 N–H and O–H groups in total. The van der Waals surface area contributed by atoms with Gasteiger partial charge in [-0.15, -0.1) is 11.6 Å². The van der Waals surface area contributed by atoms with Crippen LogP contribution in [0.2, 0.25) is 0 Å². The molecule has 19 heavy (non-hydrogen) atoms. The van der Waals surface area contributed by atoms with Gasteiger partial charge in [0.05, 0.1) is 12.0 Å². The Balaban J connectivity index is 2.39. The van der Waals surface area contributed by atoms with Crippen molar-refractivity contribution in [1.82, 2.24) is 4.31 Å². The van der Waals surface area contributed by atoms with Crippen LogP contribution in [-0.4, -0.2) is 38.3 Å². The lowest BCUT2D eigenvalue weighted by atomic mass is 10.2. The summed E-state index contributed by atoms with van der Waals surface area (Å²) in [6, 6.07) is 4.92. The van der Waals surface area contributed by atoms with Gasteiger partial charge in [0, 0.05) is 18.5 Å². The highest BCUT2D eigenvalue weighted by molar-refractivity contribution is 7.89. The first-order valence-electron chi connectivity index (χ1n) is 6.23. The Morgan fingerprint density at radius 2 is 2.21 bits per heavy atom. The van der Waals surface area contributed by atoms with Crippen molar-refractivity contribution in [2.24, 2.45) is 0 Å². The Bertz CT molecular complexity index is 559. The Morgan fingerprint density at radius 1 is 1.47 bits per heavy atom. The zero-order valence-electron chi connectivity index (χ0n) is 11.1. The highest BCUT2D eigenvalue weighted by Gasteiger charge is 2.35. The molecule has 1 fully saturated rings. The summed E-state index contributed by atoms with van der Waals surface area (Å²) in [5.41, 5.74) is 0.694. The van der Waals surface area contributed by atoms with Gasteiger partial charge < -0.3 is 4.74 Å². The van der Waals surface area contributed by atoms with Crippen molar-refractivity contribution in [3.05, 3.63) is 23.8 Å². The van der Waals surface area contributed by atoms with Gasteiger partial charge in [-0.3, -0.25) is 0 Å². The van der Waals surface area contributed by atoms with Gasteiger partial charge in [-0.25, -0.2) is 8.42 Å². The number of rotatable bonds is 4. The van der Waals surface area contributed by atoms with Crippen molar-refractivity contribution in [3.63, 3.8) is 0 Å². The average molecular weight is 304 g/mol. The van der Waals surface area contributed by atoms with Crippen LogP contribution in [0.4, 0.5) is 0 Å². The molecule has 106 valence electrons. The van der Waals surface area contributed by atoms with Crippen LogP contribution >= 0.6 is 11.6 Å². The number of hydrogen-bond donors (Lipinski definition) is 0. The molecule has 0 aliphatic carbocycles. The molecule has 1 aliphatic heterocycles. The van der Waals surface area contributed by atoms with Gasteiger partial charge in [0.1, 0.15) is 5.75 Å². The molecular weight excluding hydrogens is 286 g/mol. The maximum absolute atomic E-state index is 12.7. The number of methoxy groups -OCH3 is 1. The molecular formula is C13H18ClNO3S. The number of aryl methyl sites for hydroxylation is 1. The van der Waals surface area contributed by atoms with Gasteiger partial charge in [-0.1, -0.05) is 0 Å². The number of sulfonamides is 1. The number of alkyl halides is 1. The monoisotopic (exact) mass is 303 g/mol. The molecule has 6 heteroatoms. The minimum absolute atomic E-state index is 0.0897. The third kappa shape index (κ3) is 2.73. The SMILES string of the molecule is COc1ccc(S(=O)(=O)N2CCC[C@H]2CCl)c(C)c1. The van der Waals surface area contributed by atoms with Crippen LogP contribution in [0.1, 0.15) is 18.4 Å². The maximum Gasteiger partial charge on any atom is 0.243 e. The fourth-order valence-electron chi connectivity index (χ4n) is 2.44. The topological polar surface area (TPSA) is 46.6 Å². The summed E-state index contributed by atoms with van der Waals surface area (Å²) in [4.78, 5) is 0.338. The van der Waals surface area contributed by atoms with Gasteiger partial charge >= 0.3 is 0 Å². The molecule has 1 atom stereocenters. The molecule has 0 amide bonds. The smallest absolute Gasteiger partial charge is 0.243 e. The lowest BCUT2D eigenvalue weighted by Crippen LogP contribution is -2.36. The molecule has 0 saturated carbocycles. The molecule has 2 rings (SSSR count). The predicted molar refractivity (Wildman–Crippen MR) is 75.4 cm³/mol. The van der Waals surface area contributed by atoms with Crippen LogP contribution in [0.5, 0.6) is 5.75 Å². The van der Waals surface area contributed by atoms with E-state index in [9.17, 15) is 8.42 Å². The summed E-state index contributed by atoms with van der Waals surface area (Å²) in [6.45, 7) is 2.33. The van der Waals surface area contributed by atoms with Crippen molar-refractivity contribution in [2.75, 3.05) is 19.5 Å². The van der Waals surface area contributed by atoms with E-state index in [0.29, 0.717) is 28.6 Å². The lowest BCUT2D eigenvalue weighted by molar-refractivity contribution is 0.408. The second-order valence-electron chi connectivity index (χ2n) is 4.70. The molecule has 0 radical (unpaired) electrons. The van der Waals surface area contributed by atoms with Gasteiger partial charge in [0.25, 0.3) is 0 Å². The average Bonchev–Trinajstić information content (AvgIpc) is 2.87. The normalized spacial score (nSPS) is 20.7. The summed E-state index contributed by atoms with van der Waals surface area (Å²) in [6.07, 6.45) is 1.70. The van der Waals surface area contributed by atoms with Crippen LogP contribution in [0.25, 0.3) is 0 Å². The lowest BCUT2D eigenvalue weighted by Gasteiger charge is -2.23. The summed E-state index contributed by atoms with van der Waals surface area (Å²) < 4.78 is 31.9. The molecule has 1 heterocycles. The van der Waals surface area contributed by atoms with E-state index in [1.807, 2.05) is 0 Å². The third-order valence-electron chi connectivity index (χ3n) is 3.47. The Kier molecular flexibility index (Phi) is 4.38. The second kappa shape index (κ2) is 5.69. The molecule has 0 unspecified atom stereocenters. The predicted octanol–water partition coefficient (Wildman–Crippen LogP) is 2.40. The van der Waals surface area contributed by atoms with E-state index in [-0.39, 0.29) is 6.04 Å². The van der Waals surface area contributed by atoms with Crippen molar-refractivity contribution in [1.29, 1.82) is 0 Å². The van der Waals surface area contributed by atoms with E-state index < -0.39 is 10.0 Å². The van der Waals surface area contributed by atoms with E-state index in [1.54, 1.807) is 32.2 Å². The molecule has 0 aromatic heterocycles. The van der Waals surface area contributed by atoms with Crippen LogP contribution in [-0.2, 0) is 10.0 Å². The highest BCUT2D eigenvalue weighted by atomic mass is 35.5. The Morgan fingerprint density at radius 3 is 2.79 bits per heavy atom. The molecule has 0 spiro atoms. The summed E-state index contributed by atoms with van der Waals surface area (Å²) >= 11 is 5.86. The van der Waals surface area contributed by atoms with Crippen molar-refractivity contribution in [3.8, 4) is 5.75 Å². The molecule has 1 aromatic carbocycles. The van der Waals surface area contributed by atoms with E-state index in [4.69, 9.17) is 16.3 Å². The number of hydrogen-bond acceptors (Lipinski definition) is 3. The van der Waals surface area contributed by atoms with E-state index in [1.165, 1.54) is 4.31 Å². The molecule has 1 aliphatic rings. The summed E-state index contributed by atoms with van der Waals surface area (Å²) in [5.74, 6) is 1.00.